The fourth-order valence-electron chi connectivity index (χ4n) is 8.51. The molecule has 0 bridgehead atoms. The Bertz CT molecular complexity index is 1190. The van der Waals surface area contributed by atoms with Crippen molar-refractivity contribution in [3.63, 3.8) is 0 Å². The molecule has 0 heterocycles. The Hall–Kier alpha value is -1.18. The molecule has 1 fully saturated rings. The molecule has 0 aliphatic heterocycles. The molecule has 0 aromatic rings. The first-order valence-corrected chi connectivity index (χ1v) is 28.7. The Morgan fingerprint density at radius 3 is 1.27 bits per heavy atom. The number of phosphoric ester groups is 1. The first-order valence-electron chi connectivity index (χ1n) is 27.2. The highest BCUT2D eigenvalue weighted by Gasteiger charge is 2.51. The SMILES string of the molecule is CCCCCCC/C=C\C/C=C\CCCCCCCCCCCCOCC(COP(=O)(O)OC1C(O)C(O)C(O)C(O)C1O)OC(=O)CCCCCCCCCCCCCCCCCCC. The standard InChI is InChI=1S/C53H101O12P/c1-3-5-7-9-11-13-15-17-19-21-22-23-24-25-27-29-31-33-35-37-39-41-43-62-44-46(45-63-66(60,61)65-53-51(58)49(56)48(55)50(57)52(53)59)64-47(54)42-40-38-36-34-32-30-28-26-20-18-16-14-12-10-8-6-4-2/h15,17,21-22,46,48-53,55-59H,3-14,16,18-20,23-45H2,1-2H3,(H,60,61)/b17-15-,22-21-. The van der Waals surface area contributed by atoms with E-state index in [1.165, 1.54) is 173 Å². The second kappa shape index (κ2) is 43.8. The zero-order chi connectivity index (χ0) is 48.4. The summed E-state index contributed by atoms with van der Waals surface area (Å²) in [7, 11) is -5.02. The number of ether oxygens (including phenoxy) is 2. The van der Waals surface area contributed by atoms with Crippen LogP contribution in [0.4, 0.5) is 0 Å². The van der Waals surface area contributed by atoms with Gasteiger partial charge in [0, 0.05) is 13.0 Å². The van der Waals surface area contributed by atoms with E-state index < -0.39 is 63.1 Å². The molecule has 13 heteroatoms. The lowest BCUT2D eigenvalue weighted by molar-refractivity contribution is -0.220. The Morgan fingerprint density at radius 1 is 0.485 bits per heavy atom. The molecule has 6 unspecified atom stereocenters. The van der Waals surface area contributed by atoms with E-state index >= 15 is 0 Å². The highest BCUT2D eigenvalue weighted by atomic mass is 31.2. The summed E-state index contributed by atoms with van der Waals surface area (Å²) in [5, 5.41) is 50.3. The van der Waals surface area contributed by atoms with Crippen LogP contribution >= 0.6 is 7.82 Å². The number of esters is 1. The van der Waals surface area contributed by atoms with Gasteiger partial charge in [0.2, 0.25) is 0 Å². The maximum absolute atomic E-state index is 12.9. The van der Waals surface area contributed by atoms with E-state index in [2.05, 4.69) is 38.2 Å². The van der Waals surface area contributed by atoms with Crippen molar-refractivity contribution in [3.05, 3.63) is 24.3 Å². The van der Waals surface area contributed by atoms with Gasteiger partial charge in [0.25, 0.3) is 0 Å². The lowest BCUT2D eigenvalue weighted by Gasteiger charge is -2.41. The van der Waals surface area contributed by atoms with Crippen molar-refractivity contribution in [1.82, 2.24) is 0 Å². The third-order valence-corrected chi connectivity index (χ3v) is 13.8. The lowest BCUT2D eigenvalue weighted by Crippen LogP contribution is -2.64. The second-order valence-electron chi connectivity index (χ2n) is 19.1. The lowest BCUT2D eigenvalue weighted by atomic mass is 9.85. The van der Waals surface area contributed by atoms with Crippen LogP contribution in [0, 0.1) is 0 Å². The van der Waals surface area contributed by atoms with Gasteiger partial charge in [-0.3, -0.25) is 13.8 Å². The summed E-state index contributed by atoms with van der Waals surface area (Å²) < 4.78 is 34.4. The number of phosphoric acid groups is 1. The molecular weight excluding hydrogens is 860 g/mol. The number of aliphatic hydroxyl groups excluding tert-OH is 5. The van der Waals surface area contributed by atoms with Gasteiger partial charge in [0.15, 0.2) is 0 Å². The summed E-state index contributed by atoms with van der Waals surface area (Å²) in [5.41, 5.74) is 0. The maximum Gasteiger partial charge on any atom is 0.472 e. The van der Waals surface area contributed by atoms with Gasteiger partial charge in [0.1, 0.15) is 42.7 Å². The van der Waals surface area contributed by atoms with E-state index in [0.29, 0.717) is 13.0 Å². The number of carbonyl (C=O) groups is 1. The van der Waals surface area contributed by atoms with Crippen molar-refractivity contribution in [2.45, 2.75) is 288 Å². The second-order valence-corrected chi connectivity index (χ2v) is 20.5. The molecule has 0 amide bonds. The summed E-state index contributed by atoms with van der Waals surface area (Å²) in [6.07, 6.45) is 39.6. The molecular formula is C53H101O12P. The maximum atomic E-state index is 12.9. The van der Waals surface area contributed by atoms with Gasteiger partial charge >= 0.3 is 13.8 Å². The van der Waals surface area contributed by atoms with Crippen molar-refractivity contribution < 1.29 is 58.3 Å². The minimum atomic E-state index is -5.02. The van der Waals surface area contributed by atoms with Crippen LogP contribution in [0.3, 0.4) is 0 Å². The van der Waals surface area contributed by atoms with Gasteiger partial charge < -0.3 is 39.9 Å². The average molecular weight is 961 g/mol. The molecule has 0 spiro atoms. The Morgan fingerprint density at radius 2 is 0.848 bits per heavy atom. The van der Waals surface area contributed by atoms with Gasteiger partial charge in [-0.25, -0.2) is 4.57 Å². The first kappa shape index (κ1) is 62.8. The van der Waals surface area contributed by atoms with Crippen molar-refractivity contribution in [2.24, 2.45) is 0 Å². The summed E-state index contributed by atoms with van der Waals surface area (Å²) in [6.45, 7) is 4.29. The fraction of sp³-hybridized carbons (Fsp3) is 0.906. The molecule has 0 radical (unpaired) electrons. The first-order chi connectivity index (χ1) is 32.0. The molecule has 1 saturated carbocycles. The Balaban J connectivity index is 2.30. The van der Waals surface area contributed by atoms with Crippen LogP contribution < -0.4 is 0 Å². The molecule has 0 aromatic heterocycles. The molecule has 1 aliphatic carbocycles. The summed E-state index contributed by atoms with van der Waals surface area (Å²) >= 11 is 0. The summed E-state index contributed by atoms with van der Waals surface area (Å²) in [6, 6.07) is 0. The van der Waals surface area contributed by atoms with Crippen molar-refractivity contribution >= 4 is 13.8 Å². The molecule has 6 atom stereocenters. The quantitative estimate of drug-likeness (QED) is 0.0147. The van der Waals surface area contributed by atoms with Crippen molar-refractivity contribution in [3.8, 4) is 0 Å². The van der Waals surface area contributed by atoms with Crippen LogP contribution in [0.15, 0.2) is 24.3 Å². The minimum Gasteiger partial charge on any atom is -0.457 e. The molecule has 66 heavy (non-hydrogen) atoms. The van der Waals surface area contributed by atoms with Crippen LogP contribution in [0.2, 0.25) is 0 Å². The number of hydrogen-bond donors (Lipinski definition) is 6. The topological polar surface area (TPSA) is 192 Å². The predicted octanol–water partition coefficient (Wildman–Crippen LogP) is 12.4. The average Bonchev–Trinajstić information content (AvgIpc) is 3.30. The molecule has 12 nitrogen and oxygen atoms in total. The number of hydrogen-bond acceptors (Lipinski definition) is 11. The molecule has 0 aromatic carbocycles. The number of unbranched alkanes of at least 4 members (excludes halogenated alkanes) is 31. The van der Waals surface area contributed by atoms with Crippen molar-refractivity contribution in [1.29, 1.82) is 0 Å². The zero-order valence-electron chi connectivity index (χ0n) is 42.0. The Labute approximate surface area is 402 Å². The van der Waals surface area contributed by atoms with Gasteiger partial charge in [-0.15, -0.1) is 0 Å². The number of allylic oxidation sites excluding steroid dienone is 4. The molecule has 390 valence electrons. The van der Waals surface area contributed by atoms with E-state index in [1.807, 2.05) is 0 Å². The van der Waals surface area contributed by atoms with E-state index in [1.54, 1.807) is 0 Å². The molecule has 0 saturated heterocycles. The smallest absolute Gasteiger partial charge is 0.457 e. The van der Waals surface area contributed by atoms with Crippen LogP contribution in [-0.2, 0) is 27.9 Å². The predicted molar refractivity (Wildman–Crippen MR) is 267 cm³/mol. The highest BCUT2D eigenvalue weighted by molar-refractivity contribution is 7.47. The summed E-state index contributed by atoms with van der Waals surface area (Å²) in [4.78, 5) is 23.3. The number of carbonyl (C=O) groups excluding carboxylic acids is 1. The van der Waals surface area contributed by atoms with Gasteiger partial charge in [-0.05, 0) is 44.9 Å². The van der Waals surface area contributed by atoms with Gasteiger partial charge in [-0.2, -0.15) is 0 Å². The monoisotopic (exact) mass is 961 g/mol. The van der Waals surface area contributed by atoms with E-state index in [-0.39, 0.29) is 13.0 Å². The van der Waals surface area contributed by atoms with Gasteiger partial charge in [-0.1, -0.05) is 218 Å². The fourth-order valence-corrected chi connectivity index (χ4v) is 9.48. The number of aliphatic hydroxyl groups is 5. The molecule has 1 rings (SSSR count). The Kier molecular flexibility index (Phi) is 41.7. The molecule has 6 N–H and O–H groups in total. The van der Waals surface area contributed by atoms with E-state index in [0.717, 1.165) is 44.9 Å². The minimum absolute atomic E-state index is 0.0742. The van der Waals surface area contributed by atoms with E-state index in [4.69, 9.17) is 18.5 Å². The largest absolute Gasteiger partial charge is 0.472 e. The van der Waals surface area contributed by atoms with Crippen LogP contribution in [0.5, 0.6) is 0 Å². The summed E-state index contributed by atoms with van der Waals surface area (Å²) in [5.74, 6) is -0.473. The third kappa shape index (κ3) is 35.0. The third-order valence-electron chi connectivity index (χ3n) is 12.8. The van der Waals surface area contributed by atoms with Crippen LogP contribution in [0.1, 0.15) is 245 Å². The van der Waals surface area contributed by atoms with Gasteiger partial charge in [0.05, 0.1) is 13.2 Å². The van der Waals surface area contributed by atoms with Crippen molar-refractivity contribution in [2.75, 3.05) is 19.8 Å². The van der Waals surface area contributed by atoms with Crippen LogP contribution in [0.25, 0.3) is 0 Å². The normalized spacial score (nSPS) is 21.5. The zero-order valence-corrected chi connectivity index (χ0v) is 42.9. The number of rotatable bonds is 47. The van der Waals surface area contributed by atoms with E-state index in [9.17, 15) is 39.8 Å². The highest BCUT2D eigenvalue weighted by Crippen LogP contribution is 2.47. The molecule has 1 aliphatic rings. The van der Waals surface area contributed by atoms with Crippen LogP contribution in [-0.4, -0.2) is 98.9 Å².